The van der Waals surface area contributed by atoms with Crippen molar-refractivity contribution in [1.29, 1.82) is 0 Å². The van der Waals surface area contributed by atoms with Crippen LogP contribution in [0.25, 0.3) is 6.08 Å². The second kappa shape index (κ2) is 6.81. The normalized spacial score (nSPS) is 11.6. The number of benzene rings is 1. The van der Waals surface area contributed by atoms with Gasteiger partial charge >= 0.3 is 0 Å². The molecule has 0 amide bonds. The van der Waals surface area contributed by atoms with Crippen LogP contribution in [0.1, 0.15) is 19.4 Å². The summed E-state index contributed by atoms with van der Waals surface area (Å²) in [5.41, 5.74) is 0.612. The van der Waals surface area contributed by atoms with Gasteiger partial charge in [-0.15, -0.1) is 0 Å². The van der Waals surface area contributed by atoms with Gasteiger partial charge in [0.15, 0.2) is 0 Å². The topological polar surface area (TPSA) is 12.0 Å². The summed E-state index contributed by atoms with van der Waals surface area (Å²) < 4.78 is 14.2. The summed E-state index contributed by atoms with van der Waals surface area (Å²) in [7, 11) is 0. The molecule has 1 aromatic rings. The molecule has 0 bridgehead atoms. The minimum atomic E-state index is -0.191. The highest BCUT2D eigenvalue weighted by Gasteiger charge is 1.98. The Bertz CT molecular complexity index is 361. The maximum Gasteiger partial charge on any atom is 0.130 e. The van der Waals surface area contributed by atoms with E-state index in [4.69, 9.17) is 0 Å². The predicted octanol–water partition coefficient (Wildman–Crippen LogP) is 3.85. The predicted molar refractivity (Wildman–Crippen MR) is 70.8 cm³/mol. The maximum absolute atomic E-state index is 13.3. The number of hydrogen-bond donors (Lipinski definition) is 1. The quantitative estimate of drug-likeness (QED) is 0.811. The fraction of sp³-hybridized carbons (Fsp3) is 0.385. The maximum atomic E-state index is 13.3. The zero-order chi connectivity index (χ0) is 12.0. The van der Waals surface area contributed by atoms with E-state index in [-0.39, 0.29) is 5.82 Å². The number of nitrogens with one attached hydrogen (secondary N) is 1. The molecular weight excluding hydrogens is 269 g/mol. The van der Waals surface area contributed by atoms with Crippen LogP contribution in [0.4, 0.5) is 4.39 Å². The summed E-state index contributed by atoms with van der Waals surface area (Å²) in [6.07, 6.45) is 3.74. The van der Waals surface area contributed by atoms with Crippen LogP contribution < -0.4 is 5.32 Å². The molecule has 0 saturated carbocycles. The van der Waals surface area contributed by atoms with E-state index in [0.29, 0.717) is 11.5 Å². The molecular formula is C13H17BrFN. The second-order valence-electron chi connectivity index (χ2n) is 4.12. The summed E-state index contributed by atoms with van der Waals surface area (Å²) in [5.74, 6) is 0.444. The fourth-order valence-corrected chi connectivity index (χ4v) is 1.66. The number of halogens is 2. The van der Waals surface area contributed by atoms with Crippen molar-refractivity contribution in [2.75, 3.05) is 13.1 Å². The fourth-order valence-electron chi connectivity index (χ4n) is 1.28. The van der Waals surface area contributed by atoms with Crippen molar-refractivity contribution < 1.29 is 4.39 Å². The van der Waals surface area contributed by atoms with E-state index in [1.807, 2.05) is 6.08 Å². The third-order valence-corrected chi connectivity index (χ3v) is 2.56. The molecule has 1 nitrogen and oxygen atoms in total. The molecule has 0 unspecified atom stereocenters. The van der Waals surface area contributed by atoms with E-state index in [1.165, 1.54) is 6.07 Å². The van der Waals surface area contributed by atoms with Crippen LogP contribution in [-0.4, -0.2) is 13.1 Å². The summed E-state index contributed by atoms with van der Waals surface area (Å²) in [6.45, 7) is 6.06. The van der Waals surface area contributed by atoms with Crippen LogP contribution in [0.5, 0.6) is 0 Å². The monoisotopic (exact) mass is 285 g/mol. The van der Waals surface area contributed by atoms with Gasteiger partial charge in [0.25, 0.3) is 0 Å². The summed E-state index contributed by atoms with van der Waals surface area (Å²) in [6, 6.07) is 4.93. The van der Waals surface area contributed by atoms with E-state index in [2.05, 4.69) is 35.1 Å². The Morgan fingerprint density at radius 2 is 2.19 bits per heavy atom. The molecule has 88 valence electrons. The van der Waals surface area contributed by atoms with Gasteiger partial charge in [0, 0.05) is 16.6 Å². The van der Waals surface area contributed by atoms with Gasteiger partial charge in [0.05, 0.1) is 0 Å². The molecule has 0 radical (unpaired) electrons. The molecule has 0 atom stereocenters. The van der Waals surface area contributed by atoms with Crippen LogP contribution >= 0.6 is 15.9 Å². The van der Waals surface area contributed by atoms with Gasteiger partial charge in [-0.2, -0.15) is 0 Å². The lowest BCUT2D eigenvalue weighted by molar-refractivity contribution is 0.577. The Morgan fingerprint density at radius 3 is 2.88 bits per heavy atom. The lowest BCUT2D eigenvalue weighted by Crippen LogP contribution is -2.19. The van der Waals surface area contributed by atoms with Crippen molar-refractivity contribution in [3.63, 3.8) is 0 Å². The minimum absolute atomic E-state index is 0.191. The van der Waals surface area contributed by atoms with Gasteiger partial charge < -0.3 is 5.32 Å². The lowest BCUT2D eigenvalue weighted by Gasteiger charge is -2.04. The first-order valence-electron chi connectivity index (χ1n) is 5.42. The van der Waals surface area contributed by atoms with Crippen LogP contribution in [0.3, 0.4) is 0 Å². The number of hydrogen-bond acceptors (Lipinski definition) is 1. The molecule has 1 N–H and O–H groups in total. The molecule has 1 aromatic carbocycles. The largest absolute Gasteiger partial charge is 0.313 e. The Balaban J connectivity index is 2.46. The highest BCUT2D eigenvalue weighted by molar-refractivity contribution is 9.10. The zero-order valence-corrected chi connectivity index (χ0v) is 11.2. The van der Waals surface area contributed by atoms with Gasteiger partial charge in [0.2, 0.25) is 0 Å². The van der Waals surface area contributed by atoms with Crippen LogP contribution in [-0.2, 0) is 0 Å². The third kappa shape index (κ3) is 4.90. The first-order chi connectivity index (χ1) is 7.59. The smallest absolute Gasteiger partial charge is 0.130 e. The van der Waals surface area contributed by atoms with Crippen molar-refractivity contribution >= 4 is 22.0 Å². The zero-order valence-electron chi connectivity index (χ0n) is 9.63. The van der Waals surface area contributed by atoms with Gasteiger partial charge in [-0.25, -0.2) is 4.39 Å². The van der Waals surface area contributed by atoms with Gasteiger partial charge in [-0.1, -0.05) is 41.9 Å². The average molecular weight is 286 g/mol. The molecule has 0 aliphatic carbocycles. The summed E-state index contributed by atoms with van der Waals surface area (Å²) >= 11 is 3.32. The Labute approximate surface area is 105 Å². The van der Waals surface area contributed by atoms with E-state index >= 15 is 0 Å². The minimum Gasteiger partial charge on any atom is -0.313 e. The Hall–Kier alpha value is -0.670. The van der Waals surface area contributed by atoms with Crippen molar-refractivity contribution in [2.45, 2.75) is 13.8 Å². The Morgan fingerprint density at radius 1 is 1.44 bits per heavy atom. The second-order valence-corrected chi connectivity index (χ2v) is 5.04. The van der Waals surface area contributed by atoms with Crippen LogP contribution in [0.2, 0.25) is 0 Å². The van der Waals surface area contributed by atoms with Crippen LogP contribution in [0, 0.1) is 11.7 Å². The van der Waals surface area contributed by atoms with E-state index in [0.717, 1.165) is 17.6 Å². The van der Waals surface area contributed by atoms with E-state index < -0.39 is 0 Å². The van der Waals surface area contributed by atoms with E-state index in [9.17, 15) is 4.39 Å². The van der Waals surface area contributed by atoms with E-state index in [1.54, 1.807) is 18.2 Å². The molecule has 0 aliphatic heterocycles. The molecule has 3 heteroatoms. The highest BCUT2D eigenvalue weighted by atomic mass is 79.9. The Kier molecular flexibility index (Phi) is 5.71. The molecule has 1 rings (SSSR count). The average Bonchev–Trinajstić information content (AvgIpc) is 2.22. The molecule has 0 heterocycles. The standard InChI is InChI=1S/C13H17BrFN/c1-10(2)9-16-7-3-4-11-8-12(14)5-6-13(11)15/h3-6,8,10,16H,7,9H2,1-2H3. The molecule has 0 aromatic heterocycles. The molecule has 0 spiro atoms. The van der Waals surface area contributed by atoms with Gasteiger partial charge in [-0.05, 0) is 30.7 Å². The van der Waals surface area contributed by atoms with Crippen molar-refractivity contribution in [1.82, 2.24) is 5.32 Å². The molecule has 0 saturated heterocycles. The van der Waals surface area contributed by atoms with Crippen molar-refractivity contribution in [3.05, 3.63) is 40.1 Å². The molecule has 0 aliphatic rings. The highest BCUT2D eigenvalue weighted by Crippen LogP contribution is 2.16. The SMILES string of the molecule is CC(C)CNCC=Cc1cc(Br)ccc1F. The third-order valence-electron chi connectivity index (χ3n) is 2.07. The van der Waals surface area contributed by atoms with Gasteiger partial charge in [-0.3, -0.25) is 0 Å². The lowest BCUT2D eigenvalue weighted by atomic mass is 10.2. The van der Waals surface area contributed by atoms with Gasteiger partial charge in [0.1, 0.15) is 5.82 Å². The molecule has 16 heavy (non-hydrogen) atoms. The summed E-state index contributed by atoms with van der Waals surface area (Å²) in [4.78, 5) is 0. The van der Waals surface area contributed by atoms with Crippen molar-refractivity contribution in [3.8, 4) is 0 Å². The first kappa shape index (κ1) is 13.4. The van der Waals surface area contributed by atoms with Crippen molar-refractivity contribution in [2.24, 2.45) is 5.92 Å². The summed E-state index contributed by atoms with van der Waals surface area (Å²) in [5, 5.41) is 3.27. The molecule has 0 fully saturated rings. The van der Waals surface area contributed by atoms with Crippen LogP contribution in [0.15, 0.2) is 28.7 Å². The number of rotatable bonds is 5. The first-order valence-corrected chi connectivity index (χ1v) is 6.21.